The van der Waals surface area contributed by atoms with E-state index in [1.54, 1.807) is 24.5 Å². The lowest BCUT2D eigenvalue weighted by Crippen LogP contribution is -1.92. The average Bonchev–Trinajstić information content (AvgIpc) is 2.53. The number of aryl methyl sites for hydroxylation is 1. The van der Waals surface area contributed by atoms with Crippen LogP contribution in [-0.4, -0.2) is 6.21 Å². The van der Waals surface area contributed by atoms with E-state index in [0.29, 0.717) is 12.1 Å². The molecule has 0 saturated heterocycles. The van der Waals surface area contributed by atoms with E-state index in [1.165, 1.54) is 5.56 Å². The fraction of sp³-hybridized carbons (Fsp3) is 0.111. The first-order valence-electron chi connectivity index (χ1n) is 6.71. The van der Waals surface area contributed by atoms with Gasteiger partial charge in [-0.3, -0.25) is 4.99 Å². The van der Waals surface area contributed by atoms with Crippen molar-refractivity contribution in [3.8, 4) is 6.07 Å². The van der Waals surface area contributed by atoms with Crippen molar-refractivity contribution in [2.45, 2.75) is 13.5 Å². The van der Waals surface area contributed by atoms with Gasteiger partial charge >= 0.3 is 0 Å². The molecule has 0 bridgehead atoms. The summed E-state index contributed by atoms with van der Waals surface area (Å²) in [5.41, 5.74) is 10.5. The highest BCUT2D eigenvalue weighted by atomic mass is 14.7. The molecule has 0 radical (unpaired) electrons. The summed E-state index contributed by atoms with van der Waals surface area (Å²) in [5.74, 6) is 0. The molecule has 0 aliphatic heterocycles. The zero-order valence-corrected chi connectivity index (χ0v) is 12.0. The highest BCUT2D eigenvalue weighted by molar-refractivity contribution is 6.09. The number of aliphatic imine (C=N–C) groups is 1. The number of nitrogens with zero attached hydrogens (tertiary/aromatic N) is 2. The van der Waals surface area contributed by atoms with Crippen molar-refractivity contribution in [2.75, 3.05) is 0 Å². The molecule has 3 nitrogen and oxygen atoms in total. The van der Waals surface area contributed by atoms with Crippen LogP contribution in [0.25, 0.3) is 5.57 Å². The minimum absolute atomic E-state index is 0.564. The van der Waals surface area contributed by atoms with Crippen molar-refractivity contribution >= 4 is 11.8 Å². The molecule has 0 spiro atoms. The number of rotatable bonds is 4. The van der Waals surface area contributed by atoms with Gasteiger partial charge < -0.3 is 5.73 Å². The quantitative estimate of drug-likeness (QED) is 0.869. The SMILES string of the molecule is Cc1ccc(/C(C=NCc2ccc(C#N)cc2)=C/N)cc1. The van der Waals surface area contributed by atoms with Gasteiger partial charge in [-0.2, -0.15) is 5.26 Å². The van der Waals surface area contributed by atoms with Crippen molar-refractivity contribution in [1.82, 2.24) is 0 Å². The van der Waals surface area contributed by atoms with Crippen LogP contribution in [0.1, 0.15) is 22.3 Å². The van der Waals surface area contributed by atoms with E-state index in [9.17, 15) is 0 Å². The summed E-state index contributed by atoms with van der Waals surface area (Å²) in [6.07, 6.45) is 3.34. The highest BCUT2D eigenvalue weighted by Crippen LogP contribution is 2.13. The topological polar surface area (TPSA) is 62.2 Å². The Bertz CT molecular complexity index is 687. The zero-order chi connectivity index (χ0) is 15.1. The summed E-state index contributed by atoms with van der Waals surface area (Å²) in [5, 5.41) is 8.75. The molecular weight excluding hydrogens is 258 g/mol. The van der Waals surface area contributed by atoms with Gasteiger partial charge in [-0.25, -0.2) is 0 Å². The van der Waals surface area contributed by atoms with Crippen LogP contribution in [0.3, 0.4) is 0 Å². The minimum atomic E-state index is 0.564. The van der Waals surface area contributed by atoms with E-state index in [1.807, 2.05) is 36.4 Å². The van der Waals surface area contributed by atoms with Crippen molar-refractivity contribution in [1.29, 1.82) is 5.26 Å². The number of hydrogen-bond donors (Lipinski definition) is 1. The van der Waals surface area contributed by atoms with Crippen LogP contribution in [0.15, 0.2) is 59.7 Å². The molecule has 0 aromatic heterocycles. The Morgan fingerprint density at radius 1 is 1.14 bits per heavy atom. The number of benzene rings is 2. The largest absolute Gasteiger partial charge is 0.404 e. The Kier molecular flexibility index (Phi) is 4.89. The summed E-state index contributed by atoms with van der Waals surface area (Å²) in [4.78, 5) is 4.41. The molecule has 2 aromatic carbocycles. The maximum atomic E-state index is 8.75. The Labute approximate surface area is 125 Å². The van der Waals surface area contributed by atoms with Crippen LogP contribution >= 0.6 is 0 Å². The number of hydrogen-bond acceptors (Lipinski definition) is 3. The fourth-order valence-electron chi connectivity index (χ4n) is 1.89. The maximum Gasteiger partial charge on any atom is 0.0991 e. The van der Waals surface area contributed by atoms with Gasteiger partial charge in [0.1, 0.15) is 0 Å². The molecule has 0 unspecified atom stereocenters. The first kappa shape index (κ1) is 14.5. The molecule has 104 valence electrons. The molecule has 0 fully saturated rings. The van der Waals surface area contributed by atoms with Crippen LogP contribution in [-0.2, 0) is 6.54 Å². The molecule has 21 heavy (non-hydrogen) atoms. The molecule has 2 aromatic rings. The summed E-state index contributed by atoms with van der Waals surface area (Å²) in [6.45, 7) is 2.61. The summed E-state index contributed by atoms with van der Waals surface area (Å²) in [7, 11) is 0. The van der Waals surface area contributed by atoms with Gasteiger partial charge in [0.2, 0.25) is 0 Å². The van der Waals surface area contributed by atoms with Gasteiger partial charge in [-0.05, 0) is 30.2 Å². The minimum Gasteiger partial charge on any atom is -0.404 e. The van der Waals surface area contributed by atoms with Crippen molar-refractivity contribution in [3.05, 3.63) is 77.0 Å². The maximum absolute atomic E-state index is 8.75. The zero-order valence-electron chi connectivity index (χ0n) is 12.0. The molecule has 0 atom stereocenters. The smallest absolute Gasteiger partial charge is 0.0991 e. The molecule has 0 heterocycles. The van der Waals surface area contributed by atoms with E-state index < -0.39 is 0 Å². The normalized spacial score (nSPS) is 11.5. The van der Waals surface area contributed by atoms with Crippen LogP contribution in [0.4, 0.5) is 0 Å². The van der Waals surface area contributed by atoms with Crippen molar-refractivity contribution in [2.24, 2.45) is 10.7 Å². The molecule has 0 aliphatic carbocycles. The molecule has 2 N–H and O–H groups in total. The Morgan fingerprint density at radius 3 is 2.38 bits per heavy atom. The average molecular weight is 275 g/mol. The third-order valence-electron chi connectivity index (χ3n) is 3.15. The predicted molar refractivity (Wildman–Crippen MR) is 86.7 cm³/mol. The molecule has 2 rings (SSSR count). The highest BCUT2D eigenvalue weighted by Gasteiger charge is 1.98. The lowest BCUT2D eigenvalue weighted by Gasteiger charge is -2.02. The number of allylic oxidation sites excluding steroid dienone is 1. The van der Waals surface area contributed by atoms with Crippen LogP contribution in [0, 0.1) is 18.3 Å². The summed E-state index contributed by atoms with van der Waals surface area (Å²) in [6, 6.07) is 17.7. The third kappa shape index (κ3) is 4.05. The monoisotopic (exact) mass is 275 g/mol. The van der Waals surface area contributed by atoms with Crippen LogP contribution in [0.5, 0.6) is 0 Å². The van der Waals surface area contributed by atoms with E-state index in [0.717, 1.165) is 16.7 Å². The van der Waals surface area contributed by atoms with Crippen LogP contribution in [0.2, 0.25) is 0 Å². The predicted octanol–water partition coefficient (Wildman–Crippen LogP) is 3.44. The van der Waals surface area contributed by atoms with E-state index in [4.69, 9.17) is 11.0 Å². The number of nitrogens with two attached hydrogens (primary N) is 1. The van der Waals surface area contributed by atoms with Gasteiger partial charge in [0.25, 0.3) is 0 Å². The number of nitriles is 1. The second-order valence-corrected chi connectivity index (χ2v) is 4.77. The molecular formula is C18H17N3. The van der Waals surface area contributed by atoms with Gasteiger partial charge in [0, 0.05) is 18.0 Å². The Balaban J connectivity index is 2.05. The Morgan fingerprint density at radius 2 is 1.81 bits per heavy atom. The standard InChI is InChI=1S/C18H17N3/c1-14-2-8-17(9-3-14)18(11-20)13-21-12-16-6-4-15(10-19)5-7-16/h2-9,11,13H,12,20H2,1H3/b18-11+,21-13?. The first-order valence-corrected chi connectivity index (χ1v) is 6.71. The van der Waals surface area contributed by atoms with Crippen molar-refractivity contribution in [3.63, 3.8) is 0 Å². The molecule has 0 aliphatic rings. The van der Waals surface area contributed by atoms with Gasteiger partial charge in [0.15, 0.2) is 0 Å². The van der Waals surface area contributed by atoms with Gasteiger partial charge in [0.05, 0.1) is 18.2 Å². The second kappa shape index (κ2) is 7.06. The lowest BCUT2D eigenvalue weighted by atomic mass is 10.1. The molecule has 0 saturated carbocycles. The van der Waals surface area contributed by atoms with Gasteiger partial charge in [-0.1, -0.05) is 42.0 Å². The van der Waals surface area contributed by atoms with E-state index in [-0.39, 0.29) is 0 Å². The summed E-state index contributed by atoms with van der Waals surface area (Å²) >= 11 is 0. The van der Waals surface area contributed by atoms with Crippen molar-refractivity contribution < 1.29 is 0 Å². The van der Waals surface area contributed by atoms with E-state index in [2.05, 4.69) is 18.0 Å². The second-order valence-electron chi connectivity index (χ2n) is 4.77. The molecule has 3 heteroatoms. The summed E-state index contributed by atoms with van der Waals surface area (Å²) < 4.78 is 0. The Hall–Kier alpha value is -2.86. The first-order chi connectivity index (χ1) is 10.2. The van der Waals surface area contributed by atoms with Crippen LogP contribution < -0.4 is 5.73 Å². The lowest BCUT2D eigenvalue weighted by molar-refractivity contribution is 1.08. The van der Waals surface area contributed by atoms with Gasteiger partial charge in [-0.15, -0.1) is 0 Å². The third-order valence-corrected chi connectivity index (χ3v) is 3.15. The molecule has 0 amide bonds. The van der Waals surface area contributed by atoms with E-state index >= 15 is 0 Å². The fourth-order valence-corrected chi connectivity index (χ4v) is 1.89.